The second-order valence-corrected chi connectivity index (χ2v) is 8.17. The number of thioether (sulfide) groups is 1. The van der Waals surface area contributed by atoms with Crippen LogP contribution >= 0.6 is 11.8 Å². The highest BCUT2D eigenvalue weighted by Gasteiger charge is 2.37. The van der Waals surface area contributed by atoms with Crippen molar-refractivity contribution in [1.29, 1.82) is 0 Å². The van der Waals surface area contributed by atoms with Crippen molar-refractivity contribution < 1.29 is 0 Å². The molecule has 104 valence electrons. The largest absolute Gasteiger partial charge is 0.314 e. The molecule has 2 heteroatoms. The molecule has 1 saturated heterocycles. The molecule has 0 radical (unpaired) electrons. The number of nitrogens with one attached hydrogen (secondary N) is 1. The van der Waals surface area contributed by atoms with Crippen LogP contribution < -0.4 is 5.32 Å². The van der Waals surface area contributed by atoms with Gasteiger partial charge in [0.05, 0.1) is 0 Å². The van der Waals surface area contributed by atoms with E-state index in [9.17, 15) is 0 Å². The molecule has 1 N–H and O–H groups in total. The Kier molecular flexibility index (Phi) is 4.56. The van der Waals surface area contributed by atoms with E-state index >= 15 is 0 Å². The summed E-state index contributed by atoms with van der Waals surface area (Å²) >= 11 is 2.14. The highest BCUT2D eigenvalue weighted by molar-refractivity contribution is 7.99. The summed E-state index contributed by atoms with van der Waals surface area (Å²) in [4.78, 5) is 0. The molecule has 2 aliphatic carbocycles. The van der Waals surface area contributed by atoms with Crippen LogP contribution in [0, 0.1) is 11.3 Å². The van der Waals surface area contributed by atoms with Gasteiger partial charge in [0.2, 0.25) is 0 Å². The highest BCUT2D eigenvalue weighted by atomic mass is 32.2. The summed E-state index contributed by atoms with van der Waals surface area (Å²) in [6.45, 7) is 1.30. The Labute approximate surface area is 117 Å². The molecule has 1 nitrogen and oxygen atoms in total. The molecule has 2 saturated carbocycles. The molecule has 3 rings (SSSR count). The fraction of sp³-hybridized carbons (Fsp3) is 1.00. The van der Waals surface area contributed by atoms with Crippen molar-refractivity contribution in [3.8, 4) is 0 Å². The molecule has 0 bridgehead atoms. The van der Waals surface area contributed by atoms with Crippen molar-refractivity contribution in [2.75, 3.05) is 18.1 Å². The van der Waals surface area contributed by atoms with Crippen molar-refractivity contribution in [2.45, 2.75) is 70.3 Å². The molecular formula is C16H29NS. The molecular weight excluding hydrogens is 238 g/mol. The van der Waals surface area contributed by atoms with Crippen LogP contribution in [-0.2, 0) is 0 Å². The van der Waals surface area contributed by atoms with E-state index in [2.05, 4.69) is 17.1 Å². The van der Waals surface area contributed by atoms with E-state index in [0.717, 1.165) is 17.4 Å². The Hall–Kier alpha value is 0.310. The number of rotatable bonds is 3. The molecule has 0 aromatic carbocycles. The van der Waals surface area contributed by atoms with Gasteiger partial charge in [0.15, 0.2) is 0 Å². The Morgan fingerprint density at radius 1 is 0.889 bits per heavy atom. The zero-order valence-corrected chi connectivity index (χ0v) is 12.6. The fourth-order valence-electron chi connectivity index (χ4n) is 4.34. The second kappa shape index (κ2) is 6.17. The van der Waals surface area contributed by atoms with Gasteiger partial charge in [-0.1, -0.05) is 12.8 Å². The van der Waals surface area contributed by atoms with Gasteiger partial charge in [-0.3, -0.25) is 0 Å². The van der Waals surface area contributed by atoms with Gasteiger partial charge in [-0.15, -0.1) is 0 Å². The van der Waals surface area contributed by atoms with Crippen molar-refractivity contribution in [1.82, 2.24) is 5.32 Å². The molecule has 0 aromatic rings. The summed E-state index contributed by atoms with van der Waals surface area (Å²) in [5.74, 6) is 3.79. The van der Waals surface area contributed by atoms with E-state index < -0.39 is 0 Å². The van der Waals surface area contributed by atoms with Crippen LogP contribution in [0.1, 0.15) is 64.2 Å². The van der Waals surface area contributed by atoms with Crippen LogP contribution in [0.4, 0.5) is 0 Å². The molecule has 18 heavy (non-hydrogen) atoms. The molecule has 1 heterocycles. The minimum Gasteiger partial charge on any atom is -0.314 e. The zero-order chi connectivity index (χ0) is 12.3. The predicted molar refractivity (Wildman–Crippen MR) is 81.2 cm³/mol. The normalized spacial score (nSPS) is 30.0. The van der Waals surface area contributed by atoms with E-state index in [1.54, 1.807) is 12.8 Å². The van der Waals surface area contributed by atoms with Crippen LogP contribution in [0.25, 0.3) is 0 Å². The topological polar surface area (TPSA) is 12.0 Å². The summed E-state index contributed by atoms with van der Waals surface area (Å²) < 4.78 is 0. The molecule has 3 aliphatic rings. The van der Waals surface area contributed by atoms with E-state index in [1.165, 1.54) is 69.4 Å². The summed E-state index contributed by atoms with van der Waals surface area (Å²) in [5.41, 5.74) is 0.805. The van der Waals surface area contributed by atoms with Gasteiger partial charge in [-0.2, -0.15) is 11.8 Å². The third-order valence-corrected chi connectivity index (χ3v) is 6.80. The minimum absolute atomic E-state index is 0.805. The summed E-state index contributed by atoms with van der Waals surface area (Å²) in [5, 5.41) is 3.89. The number of hydrogen-bond acceptors (Lipinski definition) is 2. The molecule has 1 spiro atoms. The van der Waals surface area contributed by atoms with E-state index in [1.807, 2.05) is 0 Å². The Morgan fingerprint density at radius 3 is 2.22 bits per heavy atom. The van der Waals surface area contributed by atoms with Gasteiger partial charge in [-0.25, -0.2) is 0 Å². The van der Waals surface area contributed by atoms with Gasteiger partial charge < -0.3 is 5.32 Å². The third-order valence-electron chi connectivity index (χ3n) is 5.75. The lowest BCUT2D eigenvalue weighted by Gasteiger charge is -2.38. The third kappa shape index (κ3) is 3.25. The monoisotopic (exact) mass is 267 g/mol. The lowest BCUT2D eigenvalue weighted by Crippen LogP contribution is -2.39. The lowest BCUT2D eigenvalue weighted by molar-refractivity contribution is 0.165. The fourth-order valence-corrected chi connectivity index (χ4v) is 5.55. The van der Waals surface area contributed by atoms with Gasteiger partial charge in [0.25, 0.3) is 0 Å². The van der Waals surface area contributed by atoms with Crippen LogP contribution in [-0.4, -0.2) is 24.1 Å². The Balaban J connectivity index is 1.37. The van der Waals surface area contributed by atoms with Gasteiger partial charge in [-0.05, 0) is 80.7 Å². The van der Waals surface area contributed by atoms with Crippen molar-refractivity contribution in [3.05, 3.63) is 0 Å². The lowest BCUT2D eigenvalue weighted by atomic mass is 9.71. The molecule has 3 fully saturated rings. The van der Waals surface area contributed by atoms with Crippen molar-refractivity contribution >= 4 is 11.8 Å². The molecule has 0 atom stereocenters. The van der Waals surface area contributed by atoms with E-state index in [0.29, 0.717) is 0 Å². The molecule has 0 unspecified atom stereocenters. The van der Waals surface area contributed by atoms with E-state index in [4.69, 9.17) is 0 Å². The standard InChI is InChI=1S/C16H29NS/c1-2-8-16(7-1)9-3-15(4-10-16)17-13-14-5-11-18-12-6-14/h14-15,17H,1-13H2. The Bertz CT molecular complexity index is 244. The first-order valence-electron chi connectivity index (χ1n) is 8.18. The van der Waals surface area contributed by atoms with Crippen molar-refractivity contribution in [2.24, 2.45) is 11.3 Å². The summed E-state index contributed by atoms with van der Waals surface area (Å²) in [7, 11) is 0. The van der Waals surface area contributed by atoms with Gasteiger partial charge >= 0.3 is 0 Å². The summed E-state index contributed by atoms with van der Waals surface area (Å²) in [6, 6.07) is 0.853. The van der Waals surface area contributed by atoms with E-state index in [-0.39, 0.29) is 0 Å². The maximum Gasteiger partial charge on any atom is 0.00675 e. The molecule has 0 aromatic heterocycles. The Morgan fingerprint density at radius 2 is 1.56 bits per heavy atom. The highest BCUT2D eigenvalue weighted by Crippen LogP contribution is 2.48. The first-order valence-corrected chi connectivity index (χ1v) is 9.33. The van der Waals surface area contributed by atoms with Crippen LogP contribution in [0.5, 0.6) is 0 Å². The quantitative estimate of drug-likeness (QED) is 0.821. The molecule has 1 aliphatic heterocycles. The SMILES string of the molecule is C1CCC2(C1)CCC(NCC1CCSCC1)CC2. The second-order valence-electron chi connectivity index (χ2n) is 6.95. The smallest absolute Gasteiger partial charge is 0.00675 e. The zero-order valence-electron chi connectivity index (χ0n) is 11.8. The summed E-state index contributed by atoms with van der Waals surface area (Å²) in [6.07, 6.45) is 15.0. The first-order chi connectivity index (χ1) is 8.86. The predicted octanol–water partition coefficient (Wildman–Crippen LogP) is 4.22. The maximum absolute atomic E-state index is 3.89. The average Bonchev–Trinajstić information content (AvgIpc) is 2.88. The van der Waals surface area contributed by atoms with Gasteiger partial charge in [0, 0.05) is 6.04 Å². The molecule has 0 amide bonds. The van der Waals surface area contributed by atoms with Crippen LogP contribution in [0.3, 0.4) is 0 Å². The van der Waals surface area contributed by atoms with Gasteiger partial charge in [0.1, 0.15) is 0 Å². The first kappa shape index (κ1) is 13.3. The minimum atomic E-state index is 0.805. The van der Waals surface area contributed by atoms with Crippen LogP contribution in [0.15, 0.2) is 0 Å². The average molecular weight is 267 g/mol. The van der Waals surface area contributed by atoms with Crippen molar-refractivity contribution in [3.63, 3.8) is 0 Å². The maximum atomic E-state index is 3.89. The van der Waals surface area contributed by atoms with Crippen LogP contribution in [0.2, 0.25) is 0 Å². The number of hydrogen-bond donors (Lipinski definition) is 1.